The van der Waals surface area contributed by atoms with E-state index in [1.54, 1.807) is 12.1 Å². The van der Waals surface area contributed by atoms with Crippen molar-refractivity contribution in [3.8, 4) is 5.75 Å². The van der Waals surface area contributed by atoms with Gasteiger partial charge in [-0.3, -0.25) is 9.10 Å². The summed E-state index contributed by atoms with van der Waals surface area (Å²) in [6.45, 7) is 2.08. The fourth-order valence-corrected chi connectivity index (χ4v) is 3.82. The predicted octanol–water partition coefficient (Wildman–Crippen LogP) is 3.84. The van der Waals surface area contributed by atoms with Gasteiger partial charge in [-0.2, -0.15) is 0 Å². The Morgan fingerprint density at radius 3 is 2.52 bits per heavy atom. The number of carbonyl (C=O) groups is 1. The van der Waals surface area contributed by atoms with Crippen molar-refractivity contribution in [1.29, 1.82) is 0 Å². The molecular weight excluding hydrogens is 388 g/mol. The number of ether oxygens (including phenoxy) is 1. The van der Waals surface area contributed by atoms with Gasteiger partial charge in [0.2, 0.25) is 15.9 Å². The summed E-state index contributed by atoms with van der Waals surface area (Å²) in [5.41, 5.74) is 2.16. The number of halogens is 1. The fourth-order valence-electron chi connectivity index (χ4n) is 2.61. The van der Waals surface area contributed by atoms with Gasteiger partial charge in [-0.05, 0) is 43.2 Å². The van der Waals surface area contributed by atoms with Crippen LogP contribution >= 0.6 is 11.6 Å². The molecule has 146 valence electrons. The Labute approximate surface area is 165 Å². The highest BCUT2D eigenvalue weighted by Gasteiger charge is 2.19. The van der Waals surface area contributed by atoms with Gasteiger partial charge in [0.25, 0.3) is 0 Å². The van der Waals surface area contributed by atoms with Crippen molar-refractivity contribution in [2.75, 3.05) is 29.5 Å². The van der Waals surface area contributed by atoms with E-state index in [9.17, 15) is 13.2 Å². The molecular formula is C19H23ClN2O4S. The lowest BCUT2D eigenvalue weighted by molar-refractivity contribution is -0.116. The smallest absolute Gasteiger partial charge is 0.232 e. The molecule has 0 spiro atoms. The first-order valence-electron chi connectivity index (χ1n) is 8.39. The Morgan fingerprint density at radius 1 is 1.22 bits per heavy atom. The number of hydrogen-bond donors (Lipinski definition) is 1. The maximum Gasteiger partial charge on any atom is 0.232 e. The number of aryl methyl sites for hydroxylation is 1. The molecule has 0 saturated heterocycles. The van der Waals surface area contributed by atoms with Gasteiger partial charge in [-0.1, -0.05) is 29.8 Å². The summed E-state index contributed by atoms with van der Waals surface area (Å²) in [7, 11) is -2.03. The first kappa shape index (κ1) is 21.1. The highest BCUT2D eigenvalue weighted by atomic mass is 35.5. The predicted molar refractivity (Wildman–Crippen MR) is 109 cm³/mol. The van der Waals surface area contributed by atoms with E-state index in [-0.39, 0.29) is 18.9 Å². The van der Waals surface area contributed by atoms with E-state index >= 15 is 0 Å². The van der Waals surface area contributed by atoms with Gasteiger partial charge in [0, 0.05) is 18.7 Å². The monoisotopic (exact) mass is 410 g/mol. The van der Waals surface area contributed by atoms with E-state index in [0.717, 1.165) is 17.5 Å². The van der Waals surface area contributed by atoms with Crippen LogP contribution in [0.4, 0.5) is 11.4 Å². The van der Waals surface area contributed by atoms with Gasteiger partial charge in [-0.25, -0.2) is 8.42 Å². The van der Waals surface area contributed by atoms with Crippen molar-refractivity contribution >= 4 is 38.9 Å². The highest BCUT2D eigenvalue weighted by Crippen LogP contribution is 2.30. The third-order valence-corrected chi connectivity index (χ3v) is 5.50. The number of nitrogens with one attached hydrogen (secondary N) is 1. The normalized spacial score (nSPS) is 11.1. The van der Waals surface area contributed by atoms with Crippen LogP contribution in [0.1, 0.15) is 18.4 Å². The summed E-state index contributed by atoms with van der Waals surface area (Å²) < 4.78 is 30.6. The number of sulfonamides is 1. The molecule has 27 heavy (non-hydrogen) atoms. The van der Waals surface area contributed by atoms with Gasteiger partial charge in [-0.15, -0.1) is 0 Å². The Balaban J connectivity index is 2.02. The summed E-state index contributed by atoms with van der Waals surface area (Å²) in [5, 5.41) is 3.16. The van der Waals surface area contributed by atoms with E-state index in [1.165, 1.54) is 17.5 Å². The molecule has 0 unspecified atom stereocenters. The van der Waals surface area contributed by atoms with Crippen LogP contribution in [-0.4, -0.2) is 34.2 Å². The van der Waals surface area contributed by atoms with Crippen molar-refractivity contribution in [3.63, 3.8) is 0 Å². The lowest BCUT2D eigenvalue weighted by atomic mass is 10.2. The largest absolute Gasteiger partial charge is 0.495 e. The molecule has 1 amide bonds. The first-order valence-corrected chi connectivity index (χ1v) is 10.6. The Bertz CT molecular complexity index is 916. The van der Waals surface area contributed by atoms with Crippen LogP contribution in [-0.2, 0) is 14.8 Å². The number of para-hydroxylation sites is 1. The first-order chi connectivity index (χ1) is 12.7. The number of methoxy groups -OCH3 is 1. The molecule has 0 aliphatic heterocycles. The quantitative estimate of drug-likeness (QED) is 0.717. The Hall–Kier alpha value is -2.25. The zero-order valence-electron chi connectivity index (χ0n) is 15.5. The van der Waals surface area contributed by atoms with Gasteiger partial charge < -0.3 is 10.1 Å². The highest BCUT2D eigenvalue weighted by molar-refractivity contribution is 7.92. The average molecular weight is 411 g/mol. The molecule has 0 bridgehead atoms. The topological polar surface area (TPSA) is 75.7 Å². The lowest BCUT2D eigenvalue weighted by Crippen LogP contribution is -2.31. The molecule has 8 heteroatoms. The average Bonchev–Trinajstić information content (AvgIpc) is 2.59. The SMILES string of the molecule is COc1ccc(N(CCCC(=O)Nc2ccccc2C)S(C)(=O)=O)cc1Cl. The van der Waals surface area contributed by atoms with Crippen LogP contribution in [0.25, 0.3) is 0 Å². The molecule has 2 aromatic carbocycles. The molecule has 0 fully saturated rings. The molecule has 0 heterocycles. The summed E-state index contributed by atoms with van der Waals surface area (Å²) >= 11 is 6.10. The number of anilines is 2. The minimum atomic E-state index is -3.52. The second-order valence-electron chi connectivity index (χ2n) is 6.12. The Kier molecular flexibility index (Phi) is 7.10. The molecule has 0 radical (unpaired) electrons. The van der Waals surface area contributed by atoms with Crippen LogP contribution in [0.2, 0.25) is 5.02 Å². The standard InChI is InChI=1S/C19H23ClN2O4S/c1-14-7-4-5-8-17(14)21-19(23)9-6-12-22(27(3,24)25)15-10-11-18(26-2)16(20)13-15/h4-5,7-8,10-11,13H,6,9,12H2,1-3H3,(H,21,23). The summed E-state index contributed by atoms with van der Waals surface area (Å²) in [5.74, 6) is 0.303. The summed E-state index contributed by atoms with van der Waals surface area (Å²) in [6, 6.07) is 12.3. The van der Waals surface area contributed by atoms with Gasteiger partial charge in [0.15, 0.2) is 0 Å². The number of benzene rings is 2. The lowest BCUT2D eigenvalue weighted by Gasteiger charge is -2.23. The zero-order chi connectivity index (χ0) is 20.0. The maximum absolute atomic E-state index is 12.2. The van der Waals surface area contributed by atoms with Crippen molar-refractivity contribution in [2.45, 2.75) is 19.8 Å². The van der Waals surface area contributed by atoms with Crippen molar-refractivity contribution in [1.82, 2.24) is 0 Å². The number of carbonyl (C=O) groups excluding carboxylic acids is 1. The maximum atomic E-state index is 12.2. The minimum absolute atomic E-state index is 0.162. The van der Waals surface area contributed by atoms with Gasteiger partial charge in [0.05, 0.1) is 24.1 Å². The molecule has 0 aliphatic rings. The molecule has 1 N–H and O–H groups in total. The summed E-state index contributed by atoms with van der Waals surface area (Å²) in [4.78, 5) is 12.2. The second-order valence-corrected chi connectivity index (χ2v) is 8.43. The third-order valence-electron chi connectivity index (χ3n) is 4.01. The van der Waals surface area contributed by atoms with Crippen LogP contribution in [0.5, 0.6) is 5.75 Å². The molecule has 0 atom stereocenters. The number of rotatable bonds is 8. The number of nitrogens with zero attached hydrogens (tertiary/aromatic N) is 1. The van der Waals surface area contributed by atoms with Crippen molar-refractivity contribution in [2.24, 2.45) is 0 Å². The van der Waals surface area contributed by atoms with Gasteiger partial charge >= 0.3 is 0 Å². The number of amides is 1. The van der Waals surface area contributed by atoms with Gasteiger partial charge in [0.1, 0.15) is 5.75 Å². The molecule has 2 rings (SSSR count). The van der Waals surface area contributed by atoms with Crippen LogP contribution in [0.3, 0.4) is 0 Å². The molecule has 6 nitrogen and oxygen atoms in total. The van der Waals surface area contributed by atoms with Crippen LogP contribution < -0.4 is 14.4 Å². The molecule has 0 saturated carbocycles. The molecule has 2 aromatic rings. The third kappa shape index (κ3) is 5.87. The van der Waals surface area contributed by atoms with E-state index < -0.39 is 10.0 Å². The van der Waals surface area contributed by atoms with E-state index in [1.807, 2.05) is 31.2 Å². The zero-order valence-corrected chi connectivity index (χ0v) is 17.1. The fraction of sp³-hybridized carbons (Fsp3) is 0.316. The van der Waals surface area contributed by atoms with Crippen molar-refractivity contribution in [3.05, 3.63) is 53.1 Å². The van der Waals surface area contributed by atoms with Crippen LogP contribution in [0, 0.1) is 6.92 Å². The molecule has 0 aliphatic carbocycles. The Morgan fingerprint density at radius 2 is 1.93 bits per heavy atom. The van der Waals surface area contributed by atoms with Crippen LogP contribution in [0.15, 0.2) is 42.5 Å². The van der Waals surface area contributed by atoms with E-state index in [0.29, 0.717) is 22.9 Å². The number of hydrogen-bond acceptors (Lipinski definition) is 4. The second kappa shape index (κ2) is 9.10. The summed E-state index contributed by atoms with van der Waals surface area (Å²) in [6.07, 6.45) is 1.69. The minimum Gasteiger partial charge on any atom is -0.495 e. The van der Waals surface area contributed by atoms with Crippen molar-refractivity contribution < 1.29 is 17.9 Å². The molecule has 0 aromatic heterocycles. The van der Waals surface area contributed by atoms with E-state index in [2.05, 4.69) is 5.32 Å². The van der Waals surface area contributed by atoms with E-state index in [4.69, 9.17) is 16.3 Å².